The van der Waals surface area contributed by atoms with Crippen molar-refractivity contribution < 1.29 is 22.7 Å². The van der Waals surface area contributed by atoms with Crippen molar-refractivity contribution in [3.8, 4) is 11.5 Å². The van der Waals surface area contributed by atoms with E-state index in [0.717, 1.165) is 35.6 Å². The highest BCUT2D eigenvalue weighted by atomic mass is 32.2. The first-order chi connectivity index (χ1) is 15.4. The average molecular weight is 460 g/mol. The third-order valence-corrected chi connectivity index (χ3v) is 7.70. The molecule has 1 fully saturated rings. The number of rotatable bonds is 7. The summed E-state index contributed by atoms with van der Waals surface area (Å²) in [5.74, 6) is 1.27. The van der Waals surface area contributed by atoms with E-state index in [1.54, 1.807) is 12.1 Å². The molecule has 2 aliphatic rings. The summed E-state index contributed by atoms with van der Waals surface area (Å²) in [6, 6.07) is 10.7. The first-order valence-corrected chi connectivity index (χ1v) is 12.3. The zero-order valence-corrected chi connectivity index (χ0v) is 19.3. The van der Waals surface area contributed by atoms with Gasteiger partial charge in [0, 0.05) is 44.8 Å². The molecule has 4 rings (SSSR count). The molecule has 0 bridgehead atoms. The molecule has 0 spiro atoms. The number of nitrogens with one attached hydrogen (secondary N) is 1. The van der Waals surface area contributed by atoms with Crippen molar-refractivity contribution in [3.05, 3.63) is 53.1 Å². The van der Waals surface area contributed by atoms with Gasteiger partial charge < -0.3 is 14.8 Å². The lowest BCUT2D eigenvalue weighted by atomic mass is 10.1. The lowest BCUT2D eigenvalue weighted by Crippen LogP contribution is -2.48. The second-order valence-electron chi connectivity index (χ2n) is 8.10. The second-order valence-corrected chi connectivity index (χ2v) is 10.0. The molecule has 0 saturated carbocycles. The molecule has 1 N–H and O–H groups in total. The highest BCUT2D eigenvalue weighted by Crippen LogP contribution is 2.33. The predicted octanol–water partition coefficient (Wildman–Crippen LogP) is 2.37. The smallest absolute Gasteiger partial charge is 0.251 e. The van der Waals surface area contributed by atoms with E-state index in [4.69, 9.17) is 9.47 Å². The van der Waals surface area contributed by atoms with Crippen LogP contribution >= 0.6 is 0 Å². The number of hydrogen-bond donors (Lipinski definition) is 1. The summed E-state index contributed by atoms with van der Waals surface area (Å²) >= 11 is 0. The van der Waals surface area contributed by atoms with Crippen molar-refractivity contribution in [2.45, 2.75) is 31.7 Å². The summed E-state index contributed by atoms with van der Waals surface area (Å²) in [7, 11) is -3.67. The fourth-order valence-corrected chi connectivity index (χ4v) is 5.36. The summed E-state index contributed by atoms with van der Waals surface area (Å²) in [5, 5.41) is 2.82. The molecule has 9 heteroatoms. The average Bonchev–Trinajstić information content (AvgIpc) is 3.26. The molecule has 2 heterocycles. The molecule has 1 saturated heterocycles. The van der Waals surface area contributed by atoms with Crippen molar-refractivity contribution in [2.24, 2.45) is 0 Å². The van der Waals surface area contributed by atoms with E-state index >= 15 is 0 Å². The molecule has 0 aliphatic carbocycles. The Morgan fingerprint density at radius 2 is 1.78 bits per heavy atom. The molecule has 2 aliphatic heterocycles. The van der Waals surface area contributed by atoms with Gasteiger partial charge in [0.15, 0.2) is 11.5 Å². The number of benzene rings is 2. The lowest BCUT2D eigenvalue weighted by molar-refractivity contribution is 0.0953. The maximum absolute atomic E-state index is 13.2. The van der Waals surface area contributed by atoms with Crippen LogP contribution in [0, 0.1) is 6.92 Å². The van der Waals surface area contributed by atoms with Crippen LogP contribution in [0.1, 0.15) is 34.8 Å². The molecule has 0 unspecified atom stereocenters. The summed E-state index contributed by atoms with van der Waals surface area (Å²) in [6.45, 7) is 7.36. The minimum Gasteiger partial charge on any atom is -0.454 e. The van der Waals surface area contributed by atoms with Crippen molar-refractivity contribution >= 4 is 15.9 Å². The zero-order valence-electron chi connectivity index (χ0n) is 18.5. The van der Waals surface area contributed by atoms with Gasteiger partial charge in [-0.05, 0) is 48.7 Å². The molecule has 32 heavy (non-hydrogen) atoms. The molecule has 2 aromatic carbocycles. The Kier molecular flexibility index (Phi) is 6.68. The molecule has 8 nitrogen and oxygen atoms in total. The summed E-state index contributed by atoms with van der Waals surface area (Å²) in [5.41, 5.74) is 2.26. The van der Waals surface area contributed by atoms with Gasteiger partial charge in [0.1, 0.15) is 0 Å². The maximum Gasteiger partial charge on any atom is 0.251 e. The SMILES string of the molecule is CCCNC(=O)c1cc(S(=O)(=O)N2CCN(Cc3ccc4c(c3)OCO4)CC2)ccc1C. The van der Waals surface area contributed by atoms with Crippen molar-refractivity contribution in [2.75, 3.05) is 39.5 Å². The monoisotopic (exact) mass is 459 g/mol. The Balaban J connectivity index is 1.41. The van der Waals surface area contributed by atoms with Gasteiger partial charge in [0.25, 0.3) is 5.91 Å². The normalized spacial score (nSPS) is 16.8. The summed E-state index contributed by atoms with van der Waals surface area (Å²) in [6.07, 6.45) is 0.819. The van der Waals surface area contributed by atoms with Gasteiger partial charge in [-0.2, -0.15) is 4.31 Å². The van der Waals surface area contributed by atoms with Gasteiger partial charge in [0.2, 0.25) is 16.8 Å². The Hall–Kier alpha value is -2.62. The number of ether oxygens (including phenoxy) is 2. The van der Waals surface area contributed by atoms with Crippen LogP contribution in [-0.2, 0) is 16.6 Å². The third kappa shape index (κ3) is 4.74. The largest absolute Gasteiger partial charge is 0.454 e. The van der Waals surface area contributed by atoms with Crippen LogP contribution in [0.25, 0.3) is 0 Å². The lowest BCUT2D eigenvalue weighted by Gasteiger charge is -2.34. The van der Waals surface area contributed by atoms with E-state index in [1.165, 1.54) is 10.4 Å². The van der Waals surface area contributed by atoms with Gasteiger partial charge in [0.05, 0.1) is 4.90 Å². The number of fused-ring (bicyclic) bond motifs is 1. The van der Waals surface area contributed by atoms with Crippen molar-refractivity contribution in [1.82, 2.24) is 14.5 Å². The first kappa shape index (κ1) is 22.6. The van der Waals surface area contributed by atoms with E-state index in [0.29, 0.717) is 38.3 Å². The van der Waals surface area contributed by atoms with E-state index in [1.807, 2.05) is 32.0 Å². The predicted molar refractivity (Wildman–Crippen MR) is 120 cm³/mol. The molecular weight excluding hydrogens is 430 g/mol. The number of amides is 1. The topological polar surface area (TPSA) is 88.2 Å². The Labute approximate surface area is 189 Å². The minimum atomic E-state index is -3.67. The third-order valence-electron chi connectivity index (χ3n) is 5.80. The van der Waals surface area contributed by atoms with Gasteiger partial charge in [-0.3, -0.25) is 9.69 Å². The van der Waals surface area contributed by atoms with Crippen molar-refractivity contribution in [3.63, 3.8) is 0 Å². The Morgan fingerprint density at radius 3 is 2.53 bits per heavy atom. The van der Waals surface area contributed by atoms with Crippen LogP contribution in [0.15, 0.2) is 41.3 Å². The number of aryl methyl sites for hydroxylation is 1. The van der Waals surface area contributed by atoms with Crippen LogP contribution in [-0.4, -0.2) is 63.0 Å². The standard InChI is InChI=1S/C23H29N3O5S/c1-3-8-24-23(27)20-14-19(6-4-17(20)2)32(28,29)26-11-9-25(10-12-26)15-18-5-7-21-22(13-18)31-16-30-21/h4-7,13-14H,3,8-12,15-16H2,1-2H3,(H,24,27). The highest BCUT2D eigenvalue weighted by Gasteiger charge is 2.29. The molecule has 172 valence electrons. The van der Waals surface area contributed by atoms with Crippen molar-refractivity contribution in [1.29, 1.82) is 0 Å². The number of carbonyl (C=O) groups is 1. The van der Waals surface area contributed by atoms with Gasteiger partial charge in [-0.1, -0.05) is 19.1 Å². The number of hydrogen-bond acceptors (Lipinski definition) is 6. The summed E-state index contributed by atoms with van der Waals surface area (Å²) < 4.78 is 38.7. The van der Waals surface area contributed by atoms with E-state index < -0.39 is 10.0 Å². The molecule has 0 aromatic heterocycles. The number of sulfonamides is 1. The van der Waals surface area contributed by atoms with Crippen LogP contribution in [0.4, 0.5) is 0 Å². The maximum atomic E-state index is 13.2. The first-order valence-electron chi connectivity index (χ1n) is 10.9. The van der Waals surface area contributed by atoms with E-state index in [9.17, 15) is 13.2 Å². The number of piperazine rings is 1. The highest BCUT2D eigenvalue weighted by molar-refractivity contribution is 7.89. The zero-order chi connectivity index (χ0) is 22.7. The molecule has 0 atom stereocenters. The molecule has 2 aromatic rings. The Morgan fingerprint density at radius 1 is 1.03 bits per heavy atom. The molecular formula is C23H29N3O5S. The van der Waals surface area contributed by atoms with E-state index in [-0.39, 0.29) is 17.6 Å². The fourth-order valence-electron chi connectivity index (χ4n) is 3.91. The van der Waals surface area contributed by atoms with Gasteiger partial charge in [-0.25, -0.2) is 8.42 Å². The Bertz CT molecular complexity index is 1090. The number of carbonyl (C=O) groups excluding carboxylic acids is 1. The van der Waals surface area contributed by atoms with Crippen LogP contribution < -0.4 is 14.8 Å². The summed E-state index contributed by atoms with van der Waals surface area (Å²) in [4.78, 5) is 14.8. The second kappa shape index (κ2) is 9.48. The number of nitrogens with zero attached hydrogens (tertiary/aromatic N) is 2. The quantitative estimate of drug-likeness (QED) is 0.684. The molecule has 1 amide bonds. The van der Waals surface area contributed by atoms with Crippen LogP contribution in [0.5, 0.6) is 11.5 Å². The van der Waals surface area contributed by atoms with Gasteiger partial charge >= 0.3 is 0 Å². The minimum absolute atomic E-state index is 0.161. The van der Waals surface area contributed by atoms with Crippen LogP contribution in [0.3, 0.4) is 0 Å². The fraction of sp³-hybridized carbons (Fsp3) is 0.435. The van der Waals surface area contributed by atoms with E-state index in [2.05, 4.69) is 10.2 Å². The van der Waals surface area contributed by atoms with Gasteiger partial charge in [-0.15, -0.1) is 0 Å². The molecule has 0 radical (unpaired) electrons. The van der Waals surface area contributed by atoms with Crippen LogP contribution in [0.2, 0.25) is 0 Å².